The highest BCUT2D eigenvalue weighted by Gasteiger charge is 2.39. The highest BCUT2D eigenvalue weighted by Crippen LogP contribution is 2.23. The molecule has 30 heavy (non-hydrogen) atoms. The predicted molar refractivity (Wildman–Crippen MR) is 110 cm³/mol. The minimum Gasteiger partial charge on any atom is -0.497 e. The topological polar surface area (TPSA) is 106 Å². The Labute approximate surface area is 172 Å². The quantitative estimate of drug-likeness (QED) is 0.580. The lowest BCUT2D eigenvalue weighted by molar-refractivity contribution is -0.125. The van der Waals surface area contributed by atoms with Crippen LogP contribution in [0.1, 0.15) is 6.42 Å². The summed E-state index contributed by atoms with van der Waals surface area (Å²) in [4.78, 5) is 42.5. The van der Waals surface area contributed by atoms with Gasteiger partial charge in [-0.15, -0.1) is 0 Å². The van der Waals surface area contributed by atoms with Crippen molar-refractivity contribution in [3.8, 4) is 5.75 Å². The Morgan fingerprint density at radius 2 is 1.93 bits per heavy atom. The van der Waals surface area contributed by atoms with E-state index in [2.05, 4.69) is 15.6 Å². The number of nitrogens with one attached hydrogen (secondary N) is 2. The van der Waals surface area contributed by atoms with Crippen LogP contribution in [0.3, 0.4) is 0 Å². The zero-order valence-corrected chi connectivity index (χ0v) is 16.4. The fourth-order valence-corrected chi connectivity index (χ4v) is 3.41. The first-order valence-corrected chi connectivity index (χ1v) is 9.52. The number of aromatic nitrogens is 2. The van der Waals surface area contributed by atoms with Crippen molar-refractivity contribution in [2.75, 3.05) is 18.6 Å². The first-order valence-electron chi connectivity index (χ1n) is 9.52. The summed E-state index contributed by atoms with van der Waals surface area (Å²) in [6, 6.07) is 12.9. The molecule has 2 heterocycles. The number of benzene rings is 2. The number of urea groups is 1. The molecular weight excluding hydrogens is 386 g/mol. The van der Waals surface area contributed by atoms with Crippen molar-refractivity contribution in [1.29, 1.82) is 0 Å². The summed E-state index contributed by atoms with van der Waals surface area (Å²) in [5.41, 5.74) is 2.30. The van der Waals surface area contributed by atoms with Crippen LogP contribution in [0.2, 0.25) is 0 Å². The number of carbonyl (C=O) groups excluding carboxylic acids is 3. The molecule has 1 aliphatic rings. The van der Waals surface area contributed by atoms with Crippen LogP contribution in [0, 0.1) is 0 Å². The molecular formula is C21H21N5O4. The van der Waals surface area contributed by atoms with E-state index in [0.717, 1.165) is 15.9 Å². The Bertz CT molecular complexity index is 1090. The maximum Gasteiger partial charge on any atom is 0.329 e. The molecule has 1 aromatic heterocycles. The summed E-state index contributed by atoms with van der Waals surface area (Å²) in [7, 11) is 1.53. The molecule has 2 aromatic carbocycles. The molecule has 1 aliphatic heterocycles. The van der Waals surface area contributed by atoms with E-state index >= 15 is 0 Å². The second-order valence-corrected chi connectivity index (χ2v) is 6.85. The second-order valence-electron chi connectivity index (χ2n) is 6.85. The van der Waals surface area contributed by atoms with E-state index in [9.17, 15) is 14.4 Å². The summed E-state index contributed by atoms with van der Waals surface area (Å²) in [6.07, 6.45) is 1.60. The van der Waals surface area contributed by atoms with Crippen LogP contribution in [0.15, 0.2) is 54.9 Å². The zero-order chi connectivity index (χ0) is 21.1. The van der Waals surface area contributed by atoms with Crippen LogP contribution in [-0.2, 0) is 16.1 Å². The largest absolute Gasteiger partial charge is 0.497 e. The molecule has 4 amide bonds. The molecule has 0 aliphatic carbocycles. The van der Waals surface area contributed by atoms with E-state index in [1.54, 1.807) is 30.6 Å². The standard InChI is InChI=1S/C21H21N5O4/c1-30-15-8-6-14(7-9-15)26-20(28)17(24-21(26)29)12-19(27)22-10-11-25-13-23-16-4-2-3-5-18(16)25/h2-9,13,17H,10-12H2,1H3,(H,22,27)(H,24,29)/t17-/m1/s1. The molecule has 1 atom stereocenters. The molecule has 0 unspecified atom stereocenters. The maximum atomic E-state index is 12.6. The van der Waals surface area contributed by atoms with Crippen molar-refractivity contribution in [3.63, 3.8) is 0 Å². The van der Waals surface area contributed by atoms with Gasteiger partial charge in [-0.25, -0.2) is 14.7 Å². The van der Waals surface area contributed by atoms with Crippen molar-refractivity contribution >= 4 is 34.6 Å². The predicted octanol–water partition coefficient (Wildman–Crippen LogP) is 1.68. The monoisotopic (exact) mass is 407 g/mol. The normalized spacial score (nSPS) is 16.0. The van der Waals surface area contributed by atoms with Gasteiger partial charge in [0.1, 0.15) is 11.8 Å². The first-order chi connectivity index (χ1) is 14.6. The van der Waals surface area contributed by atoms with Gasteiger partial charge in [-0.05, 0) is 36.4 Å². The lowest BCUT2D eigenvalue weighted by Crippen LogP contribution is -2.37. The van der Waals surface area contributed by atoms with Crippen molar-refractivity contribution in [1.82, 2.24) is 20.2 Å². The van der Waals surface area contributed by atoms with Gasteiger partial charge in [0.15, 0.2) is 0 Å². The molecule has 9 heteroatoms. The van der Waals surface area contributed by atoms with Gasteiger partial charge in [0.2, 0.25) is 5.91 Å². The van der Waals surface area contributed by atoms with E-state index in [0.29, 0.717) is 24.5 Å². The van der Waals surface area contributed by atoms with Gasteiger partial charge in [0.05, 0.1) is 36.6 Å². The minimum atomic E-state index is -0.895. The molecule has 0 spiro atoms. The Kier molecular flexibility index (Phi) is 5.34. The average Bonchev–Trinajstić information content (AvgIpc) is 3.29. The third-order valence-electron chi connectivity index (χ3n) is 4.94. The molecule has 0 radical (unpaired) electrons. The summed E-state index contributed by atoms with van der Waals surface area (Å²) in [5.74, 6) is -0.150. The van der Waals surface area contributed by atoms with Crippen LogP contribution in [0.5, 0.6) is 5.75 Å². The summed E-state index contributed by atoms with van der Waals surface area (Å²) in [6.45, 7) is 0.936. The number of imidazole rings is 1. The lowest BCUT2D eigenvalue weighted by atomic mass is 10.2. The molecule has 154 valence electrons. The lowest BCUT2D eigenvalue weighted by Gasteiger charge is -2.13. The molecule has 1 saturated heterocycles. The van der Waals surface area contributed by atoms with E-state index in [4.69, 9.17) is 4.74 Å². The van der Waals surface area contributed by atoms with E-state index in [1.165, 1.54) is 7.11 Å². The number of amides is 4. The number of imide groups is 1. The number of carbonyl (C=O) groups is 3. The molecule has 3 aromatic rings. The van der Waals surface area contributed by atoms with Crippen molar-refractivity contribution in [2.24, 2.45) is 0 Å². The van der Waals surface area contributed by atoms with E-state index in [-0.39, 0.29) is 12.3 Å². The van der Waals surface area contributed by atoms with Crippen LogP contribution in [0.25, 0.3) is 11.0 Å². The van der Waals surface area contributed by atoms with Crippen molar-refractivity contribution in [3.05, 3.63) is 54.9 Å². The SMILES string of the molecule is COc1ccc(N2C(=O)N[C@H](CC(=O)NCCn3cnc4ccccc43)C2=O)cc1. The van der Waals surface area contributed by atoms with Crippen LogP contribution in [-0.4, -0.2) is 47.1 Å². The highest BCUT2D eigenvalue weighted by atomic mass is 16.5. The minimum absolute atomic E-state index is 0.123. The van der Waals surface area contributed by atoms with Crippen molar-refractivity contribution in [2.45, 2.75) is 19.0 Å². The zero-order valence-electron chi connectivity index (χ0n) is 16.4. The Morgan fingerprint density at radius 3 is 2.70 bits per heavy atom. The molecule has 2 N–H and O–H groups in total. The number of hydrogen-bond donors (Lipinski definition) is 2. The van der Waals surface area contributed by atoms with E-state index in [1.807, 2.05) is 28.8 Å². The number of hydrogen-bond acceptors (Lipinski definition) is 5. The van der Waals surface area contributed by atoms with Crippen LogP contribution < -0.4 is 20.3 Å². The van der Waals surface area contributed by atoms with Crippen LogP contribution in [0.4, 0.5) is 10.5 Å². The molecule has 0 bridgehead atoms. The summed E-state index contributed by atoms with van der Waals surface area (Å²) in [5, 5.41) is 5.36. The number of nitrogens with zero attached hydrogens (tertiary/aromatic N) is 3. The average molecular weight is 407 g/mol. The number of fused-ring (bicyclic) bond motifs is 1. The van der Waals surface area contributed by atoms with E-state index < -0.39 is 18.0 Å². The second kappa shape index (κ2) is 8.24. The number of para-hydroxylation sites is 2. The molecule has 9 nitrogen and oxygen atoms in total. The Morgan fingerprint density at radius 1 is 1.17 bits per heavy atom. The maximum absolute atomic E-state index is 12.6. The van der Waals surface area contributed by atoms with Crippen LogP contribution >= 0.6 is 0 Å². The fourth-order valence-electron chi connectivity index (χ4n) is 3.41. The molecule has 0 saturated carbocycles. The number of ether oxygens (including phenoxy) is 1. The third kappa shape index (κ3) is 3.82. The molecule has 1 fully saturated rings. The smallest absolute Gasteiger partial charge is 0.329 e. The van der Waals surface area contributed by atoms with Crippen molar-refractivity contribution < 1.29 is 19.1 Å². The third-order valence-corrected chi connectivity index (χ3v) is 4.94. The van der Waals surface area contributed by atoms with Gasteiger partial charge in [0.25, 0.3) is 5.91 Å². The van der Waals surface area contributed by atoms with Gasteiger partial charge >= 0.3 is 6.03 Å². The fraction of sp³-hybridized carbons (Fsp3) is 0.238. The van der Waals surface area contributed by atoms with Gasteiger partial charge in [0, 0.05) is 13.1 Å². The van der Waals surface area contributed by atoms with Gasteiger partial charge in [-0.2, -0.15) is 0 Å². The highest BCUT2D eigenvalue weighted by molar-refractivity contribution is 6.22. The first kappa shape index (κ1) is 19.4. The number of methoxy groups -OCH3 is 1. The Balaban J connectivity index is 1.32. The van der Waals surface area contributed by atoms with Gasteiger partial charge < -0.3 is 19.9 Å². The number of anilines is 1. The summed E-state index contributed by atoms with van der Waals surface area (Å²) >= 11 is 0. The number of rotatable bonds is 7. The summed E-state index contributed by atoms with van der Waals surface area (Å²) < 4.78 is 7.03. The van der Waals surface area contributed by atoms with Gasteiger partial charge in [-0.1, -0.05) is 12.1 Å². The van der Waals surface area contributed by atoms with Gasteiger partial charge in [-0.3, -0.25) is 9.59 Å². The Hall–Kier alpha value is -3.88. The molecule has 4 rings (SSSR count).